The van der Waals surface area contributed by atoms with E-state index in [1.165, 1.54) is 6.33 Å². The lowest BCUT2D eigenvalue weighted by Gasteiger charge is -2.23. The second-order valence-electron chi connectivity index (χ2n) is 4.64. The normalized spacial score (nSPS) is 17.4. The van der Waals surface area contributed by atoms with Gasteiger partial charge in [-0.2, -0.15) is 0 Å². The first-order valence-electron chi connectivity index (χ1n) is 6.03. The van der Waals surface area contributed by atoms with Gasteiger partial charge in [0, 0.05) is 22.9 Å². The van der Waals surface area contributed by atoms with Gasteiger partial charge in [-0.25, -0.2) is 14.8 Å². The molecule has 0 fully saturated rings. The Morgan fingerprint density at radius 3 is 3.00 bits per heavy atom. The average Bonchev–Trinajstić information content (AvgIpc) is 2.87. The fourth-order valence-electron chi connectivity index (χ4n) is 2.33. The zero-order chi connectivity index (χ0) is 14.3. The Kier molecular flexibility index (Phi) is 2.98. The van der Waals surface area contributed by atoms with Crippen LogP contribution in [0, 0.1) is 0 Å². The highest BCUT2D eigenvalue weighted by molar-refractivity contribution is 7.12. The lowest BCUT2D eigenvalue weighted by atomic mass is 9.91. The molecule has 0 aliphatic carbocycles. The molecule has 1 amide bonds. The predicted molar refractivity (Wildman–Crippen MR) is 74.0 cm³/mol. The Morgan fingerprint density at radius 2 is 2.30 bits per heavy atom. The number of hydrogen-bond acceptors (Lipinski definition) is 5. The van der Waals surface area contributed by atoms with Gasteiger partial charge in [0.15, 0.2) is 0 Å². The molecule has 6 nitrogen and oxygen atoms in total. The van der Waals surface area contributed by atoms with E-state index in [0.717, 1.165) is 22.5 Å². The van der Waals surface area contributed by atoms with Crippen molar-refractivity contribution < 1.29 is 14.7 Å². The van der Waals surface area contributed by atoms with Crippen LogP contribution in [0.3, 0.4) is 0 Å². The molecule has 3 rings (SSSR count). The molecule has 1 aliphatic rings. The summed E-state index contributed by atoms with van der Waals surface area (Å²) < 4.78 is 0. The van der Waals surface area contributed by atoms with Crippen molar-refractivity contribution in [1.82, 2.24) is 9.97 Å². The SMILES string of the molecule is C[C@@H]1CC(=O)Nc2ncnc(-c3csc(C(=O)O)c3)c21. The van der Waals surface area contributed by atoms with Gasteiger partial charge in [0.2, 0.25) is 5.91 Å². The molecule has 3 heterocycles. The quantitative estimate of drug-likeness (QED) is 0.885. The van der Waals surface area contributed by atoms with Gasteiger partial charge in [0.1, 0.15) is 17.0 Å². The highest BCUT2D eigenvalue weighted by Gasteiger charge is 2.27. The first-order valence-corrected chi connectivity index (χ1v) is 6.91. The summed E-state index contributed by atoms with van der Waals surface area (Å²) in [6.45, 7) is 1.94. The average molecular weight is 289 g/mol. The van der Waals surface area contributed by atoms with E-state index in [-0.39, 0.29) is 16.7 Å². The third kappa shape index (κ3) is 2.05. The number of nitrogens with zero attached hydrogens (tertiary/aromatic N) is 2. The molecule has 0 unspecified atom stereocenters. The summed E-state index contributed by atoms with van der Waals surface area (Å²) in [5.74, 6) is -0.498. The number of aromatic nitrogens is 2. The van der Waals surface area contributed by atoms with Gasteiger partial charge in [-0.1, -0.05) is 6.92 Å². The summed E-state index contributed by atoms with van der Waals surface area (Å²) >= 11 is 1.16. The maximum atomic E-state index is 11.5. The minimum atomic E-state index is -0.953. The first-order chi connectivity index (χ1) is 9.56. The molecule has 0 saturated heterocycles. The number of carbonyl (C=O) groups is 2. The van der Waals surface area contributed by atoms with Crippen LogP contribution in [-0.2, 0) is 4.79 Å². The Morgan fingerprint density at radius 1 is 1.50 bits per heavy atom. The zero-order valence-electron chi connectivity index (χ0n) is 10.6. The van der Waals surface area contributed by atoms with Crippen molar-refractivity contribution in [2.45, 2.75) is 19.3 Å². The van der Waals surface area contributed by atoms with Gasteiger partial charge in [0.05, 0.1) is 5.69 Å². The van der Waals surface area contributed by atoms with Crippen LogP contribution in [0.4, 0.5) is 5.82 Å². The van der Waals surface area contributed by atoms with Crippen molar-refractivity contribution in [1.29, 1.82) is 0 Å². The van der Waals surface area contributed by atoms with E-state index in [1.807, 2.05) is 6.92 Å². The summed E-state index contributed by atoms with van der Waals surface area (Å²) in [6, 6.07) is 1.60. The number of thiophene rings is 1. The molecule has 0 aromatic carbocycles. The maximum Gasteiger partial charge on any atom is 0.345 e. The topological polar surface area (TPSA) is 92.2 Å². The van der Waals surface area contributed by atoms with Gasteiger partial charge in [-0.05, 0) is 12.0 Å². The highest BCUT2D eigenvalue weighted by atomic mass is 32.1. The van der Waals surface area contributed by atoms with E-state index < -0.39 is 5.97 Å². The number of carboxylic acid groups (broad SMARTS) is 1. The van der Waals surface area contributed by atoms with Gasteiger partial charge in [0.25, 0.3) is 0 Å². The van der Waals surface area contributed by atoms with E-state index in [2.05, 4.69) is 15.3 Å². The lowest BCUT2D eigenvalue weighted by Crippen LogP contribution is -2.23. The van der Waals surface area contributed by atoms with Crippen LogP contribution in [0.2, 0.25) is 0 Å². The fourth-order valence-corrected chi connectivity index (χ4v) is 3.06. The molecular weight excluding hydrogens is 278 g/mol. The molecule has 0 spiro atoms. The number of fused-ring (bicyclic) bond motifs is 1. The van der Waals surface area contributed by atoms with Gasteiger partial charge in [-0.15, -0.1) is 11.3 Å². The lowest BCUT2D eigenvalue weighted by molar-refractivity contribution is -0.116. The number of nitrogens with one attached hydrogen (secondary N) is 1. The van der Waals surface area contributed by atoms with Crippen molar-refractivity contribution in [3.05, 3.63) is 28.2 Å². The van der Waals surface area contributed by atoms with E-state index in [1.54, 1.807) is 11.4 Å². The van der Waals surface area contributed by atoms with Crippen LogP contribution in [0.5, 0.6) is 0 Å². The second kappa shape index (κ2) is 4.68. The molecule has 7 heteroatoms. The fraction of sp³-hybridized carbons (Fsp3) is 0.231. The molecule has 2 aromatic heterocycles. The number of carboxylic acids is 1. The number of rotatable bonds is 2. The first kappa shape index (κ1) is 12.7. The molecule has 0 saturated carbocycles. The molecular formula is C13H11N3O3S. The number of carbonyl (C=O) groups excluding carboxylic acids is 1. The molecule has 102 valence electrons. The Hall–Kier alpha value is -2.28. The van der Waals surface area contributed by atoms with Crippen LogP contribution in [0.1, 0.15) is 34.5 Å². The van der Waals surface area contributed by atoms with Crippen LogP contribution in [0.15, 0.2) is 17.8 Å². The molecule has 2 N–H and O–H groups in total. The molecule has 20 heavy (non-hydrogen) atoms. The molecule has 0 bridgehead atoms. The maximum absolute atomic E-state index is 11.5. The van der Waals surface area contributed by atoms with Crippen LogP contribution < -0.4 is 5.32 Å². The molecule has 2 aromatic rings. The van der Waals surface area contributed by atoms with Crippen molar-refractivity contribution in [2.24, 2.45) is 0 Å². The number of anilines is 1. The summed E-state index contributed by atoms with van der Waals surface area (Å²) in [7, 11) is 0. The standard InChI is InChI=1S/C13H11N3O3S/c1-6-2-9(17)16-12-10(6)11(14-5-15-12)7-3-8(13(18)19)20-4-7/h3-6H,2H2,1H3,(H,18,19)(H,14,15,16,17)/t6-/m1/s1. The van der Waals surface area contributed by atoms with Crippen LogP contribution >= 0.6 is 11.3 Å². The summed E-state index contributed by atoms with van der Waals surface area (Å²) in [5.41, 5.74) is 2.29. The zero-order valence-corrected chi connectivity index (χ0v) is 11.4. The van der Waals surface area contributed by atoms with Crippen molar-refractivity contribution in [3.8, 4) is 11.3 Å². The van der Waals surface area contributed by atoms with E-state index in [9.17, 15) is 9.59 Å². The van der Waals surface area contributed by atoms with Gasteiger partial charge >= 0.3 is 5.97 Å². The summed E-state index contributed by atoms with van der Waals surface area (Å²) in [4.78, 5) is 31.1. The molecule has 1 aliphatic heterocycles. The van der Waals surface area contributed by atoms with Crippen LogP contribution in [-0.4, -0.2) is 27.0 Å². The monoisotopic (exact) mass is 289 g/mol. The number of aromatic carboxylic acids is 1. The van der Waals surface area contributed by atoms with Crippen molar-refractivity contribution in [3.63, 3.8) is 0 Å². The summed E-state index contributed by atoms with van der Waals surface area (Å²) in [6.07, 6.45) is 1.76. The molecule has 1 atom stereocenters. The van der Waals surface area contributed by atoms with E-state index in [0.29, 0.717) is 17.9 Å². The van der Waals surface area contributed by atoms with Gasteiger partial charge in [-0.3, -0.25) is 4.79 Å². The Bertz CT molecular complexity index is 711. The third-order valence-corrected chi connectivity index (χ3v) is 4.13. The van der Waals surface area contributed by atoms with Crippen LogP contribution in [0.25, 0.3) is 11.3 Å². The Labute approximate surface area is 118 Å². The number of hydrogen-bond donors (Lipinski definition) is 2. The smallest absolute Gasteiger partial charge is 0.345 e. The Balaban J connectivity index is 2.12. The highest BCUT2D eigenvalue weighted by Crippen LogP contribution is 2.37. The van der Waals surface area contributed by atoms with Gasteiger partial charge < -0.3 is 10.4 Å². The summed E-state index contributed by atoms with van der Waals surface area (Å²) in [5, 5.41) is 13.5. The minimum Gasteiger partial charge on any atom is -0.477 e. The largest absolute Gasteiger partial charge is 0.477 e. The van der Waals surface area contributed by atoms with Crippen molar-refractivity contribution >= 4 is 29.0 Å². The van der Waals surface area contributed by atoms with Crippen molar-refractivity contribution in [2.75, 3.05) is 5.32 Å². The third-order valence-electron chi connectivity index (χ3n) is 3.21. The minimum absolute atomic E-state index is 0.00290. The second-order valence-corrected chi connectivity index (χ2v) is 5.55. The predicted octanol–water partition coefficient (Wildman–Crippen LogP) is 2.35. The van der Waals surface area contributed by atoms with E-state index in [4.69, 9.17) is 5.11 Å². The number of amides is 1. The van der Waals surface area contributed by atoms with E-state index >= 15 is 0 Å². The molecule has 0 radical (unpaired) electrons.